The maximum absolute atomic E-state index is 9.64. The molecule has 4 heteroatoms. The summed E-state index contributed by atoms with van der Waals surface area (Å²) in [6.45, 7) is 6.36. The summed E-state index contributed by atoms with van der Waals surface area (Å²) in [6, 6.07) is 3.45. The number of likely N-dealkylation sites (tertiary alicyclic amines) is 1. The fourth-order valence-corrected chi connectivity index (χ4v) is 3.27. The molecule has 94 valence electrons. The zero-order valence-electron chi connectivity index (χ0n) is 10.5. The van der Waals surface area contributed by atoms with Crippen molar-refractivity contribution in [2.45, 2.75) is 37.3 Å². The van der Waals surface area contributed by atoms with E-state index in [0.717, 1.165) is 51.7 Å². The predicted octanol–water partition coefficient (Wildman–Crippen LogP) is 0.412. The summed E-state index contributed by atoms with van der Waals surface area (Å²) < 4.78 is 0. The number of nitriles is 1. The molecule has 0 radical (unpaired) electrons. The molecule has 0 spiro atoms. The normalized spacial score (nSPS) is 36.6. The van der Waals surface area contributed by atoms with E-state index in [0.29, 0.717) is 0 Å². The Kier molecular flexibility index (Phi) is 3.08. The highest BCUT2D eigenvalue weighted by atomic mass is 15.3. The fourth-order valence-electron chi connectivity index (χ4n) is 3.27. The van der Waals surface area contributed by atoms with Crippen LogP contribution in [0.25, 0.3) is 0 Å². The highest BCUT2D eigenvalue weighted by Crippen LogP contribution is 2.36. The lowest BCUT2D eigenvalue weighted by Crippen LogP contribution is -2.51. The van der Waals surface area contributed by atoms with Crippen LogP contribution in [0.4, 0.5) is 0 Å². The number of nitrogens with zero attached hydrogens (tertiary/aromatic N) is 3. The third-order valence-corrected chi connectivity index (χ3v) is 4.49. The molecule has 1 aliphatic carbocycles. The summed E-state index contributed by atoms with van der Waals surface area (Å²) in [7, 11) is 0. The van der Waals surface area contributed by atoms with Crippen molar-refractivity contribution < 1.29 is 0 Å². The quantitative estimate of drug-likeness (QED) is 0.751. The molecule has 1 unspecified atom stereocenters. The molecule has 17 heavy (non-hydrogen) atoms. The number of nitrogens with one attached hydrogen (secondary N) is 1. The second-order valence-electron chi connectivity index (χ2n) is 5.69. The van der Waals surface area contributed by atoms with E-state index in [2.05, 4.69) is 21.2 Å². The van der Waals surface area contributed by atoms with Gasteiger partial charge in [0.05, 0.1) is 6.07 Å². The molecule has 4 nitrogen and oxygen atoms in total. The van der Waals surface area contributed by atoms with Crippen molar-refractivity contribution in [1.82, 2.24) is 15.1 Å². The lowest BCUT2D eigenvalue weighted by molar-refractivity contribution is 0.146. The van der Waals surface area contributed by atoms with Crippen LogP contribution in [-0.2, 0) is 0 Å². The van der Waals surface area contributed by atoms with Crippen LogP contribution < -0.4 is 5.32 Å². The lowest BCUT2D eigenvalue weighted by atomic mass is 9.97. The van der Waals surface area contributed by atoms with Gasteiger partial charge in [0, 0.05) is 38.8 Å². The Morgan fingerprint density at radius 3 is 2.82 bits per heavy atom. The van der Waals surface area contributed by atoms with E-state index in [-0.39, 0.29) is 5.54 Å². The molecule has 3 fully saturated rings. The van der Waals surface area contributed by atoms with Crippen LogP contribution in [0.1, 0.15) is 25.7 Å². The maximum Gasteiger partial charge on any atom is 0.123 e. The Labute approximate surface area is 104 Å². The van der Waals surface area contributed by atoms with E-state index in [1.807, 2.05) is 0 Å². The molecule has 1 atom stereocenters. The predicted molar refractivity (Wildman–Crippen MR) is 66.6 cm³/mol. The molecule has 0 aromatic heterocycles. The molecule has 3 rings (SSSR count). The summed E-state index contributed by atoms with van der Waals surface area (Å²) in [5.41, 5.74) is -0.186. The molecule has 0 aromatic rings. The Morgan fingerprint density at radius 2 is 2.06 bits per heavy atom. The van der Waals surface area contributed by atoms with Gasteiger partial charge in [-0.15, -0.1) is 0 Å². The van der Waals surface area contributed by atoms with Crippen molar-refractivity contribution >= 4 is 0 Å². The second-order valence-corrected chi connectivity index (χ2v) is 5.69. The van der Waals surface area contributed by atoms with Gasteiger partial charge in [-0.1, -0.05) is 0 Å². The molecule has 3 aliphatic rings. The second kappa shape index (κ2) is 4.56. The zero-order valence-corrected chi connectivity index (χ0v) is 10.5. The van der Waals surface area contributed by atoms with E-state index in [9.17, 15) is 5.26 Å². The number of rotatable bonds is 2. The van der Waals surface area contributed by atoms with Crippen LogP contribution in [0.15, 0.2) is 0 Å². The SMILES string of the molecule is N#CC1(N2CCCNCC2)CCN(C2CC2)C1. The van der Waals surface area contributed by atoms with Gasteiger partial charge in [-0.25, -0.2) is 0 Å². The molecule has 0 amide bonds. The van der Waals surface area contributed by atoms with Gasteiger partial charge in [0.25, 0.3) is 0 Å². The summed E-state index contributed by atoms with van der Waals surface area (Å²) in [5.74, 6) is 0. The van der Waals surface area contributed by atoms with Crippen molar-refractivity contribution in [1.29, 1.82) is 5.26 Å². The first-order valence-corrected chi connectivity index (χ1v) is 6.95. The number of hydrogen-bond acceptors (Lipinski definition) is 4. The average Bonchev–Trinajstić information content (AvgIpc) is 3.15. The third kappa shape index (κ3) is 2.20. The van der Waals surface area contributed by atoms with Gasteiger partial charge in [-0.3, -0.25) is 9.80 Å². The van der Waals surface area contributed by atoms with E-state index in [1.54, 1.807) is 0 Å². The maximum atomic E-state index is 9.64. The average molecular weight is 234 g/mol. The van der Waals surface area contributed by atoms with Crippen molar-refractivity contribution in [3.05, 3.63) is 0 Å². The van der Waals surface area contributed by atoms with Crippen molar-refractivity contribution in [2.75, 3.05) is 39.3 Å². The van der Waals surface area contributed by atoms with Crippen molar-refractivity contribution in [3.8, 4) is 6.07 Å². The highest BCUT2D eigenvalue weighted by molar-refractivity contribution is 5.15. The summed E-state index contributed by atoms with van der Waals surface area (Å²) in [6.07, 6.45) is 4.92. The Balaban J connectivity index is 1.70. The molecule has 0 aromatic carbocycles. The molecule has 1 saturated carbocycles. The minimum absolute atomic E-state index is 0.186. The third-order valence-electron chi connectivity index (χ3n) is 4.49. The van der Waals surface area contributed by atoms with Gasteiger partial charge in [-0.05, 0) is 32.2 Å². The van der Waals surface area contributed by atoms with Crippen LogP contribution in [0, 0.1) is 11.3 Å². The van der Waals surface area contributed by atoms with Gasteiger partial charge in [0.15, 0.2) is 0 Å². The standard InChI is InChI=1S/C13H22N4/c14-10-13(17-7-1-5-15-6-9-17)4-8-16(11-13)12-2-3-12/h12,15H,1-9,11H2. The number of hydrogen-bond donors (Lipinski definition) is 1. The minimum Gasteiger partial charge on any atom is -0.315 e. The van der Waals surface area contributed by atoms with Crippen LogP contribution in [-0.4, -0.2) is 60.6 Å². The molecular weight excluding hydrogens is 212 g/mol. The van der Waals surface area contributed by atoms with Crippen LogP contribution in [0.2, 0.25) is 0 Å². The van der Waals surface area contributed by atoms with E-state index in [4.69, 9.17) is 0 Å². The highest BCUT2D eigenvalue weighted by Gasteiger charge is 2.46. The molecule has 2 aliphatic heterocycles. The van der Waals surface area contributed by atoms with E-state index in [1.165, 1.54) is 19.3 Å². The minimum atomic E-state index is -0.186. The Morgan fingerprint density at radius 1 is 1.18 bits per heavy atom. The van der Waals surface area contributed by atoms with Crippen LogP contribution in [0.3, 0.4) is 0 Å². The first kappa shape index (κ1) is 11.5. The molecule has 2 saturated heterocycles. The lowest BCUT2D eigenvalue weighted by Gasteiger charge is -2.34. The van der Waals surface area contributed by atoms with Gasteiger partial charge in [0.2, 0.25) is 0 Å². The first-order chi connectivity index (χ1) is 8.34. The molecule has 0 bridgehead atoms. The topological polar surface area (TPSA) is 42.3 Å². The Hall–Kier alpha value is -0.630. The van der Waals surface area contributed by atoms with Gasteiger partial charge < -0.3 is 5.32 Å². The molecule has 1 N–H and O–H groups in total. The van der Waals surface area contributed by atoms with Gasteiger partial charge in [0.1, 0.15) is 5.54 Å². The van der Waals surface area contributed by atoms with Crippen molar-refractivity contribution in [2.24, 2.45) is 0 Å². The Bertz CT molecular complexity index is 312. The largest absolute Gasteiger partial charge is 0.315 e. The molecule has 2 heterocycles. The first-order valence-electron chi connectivity index (χ1n) is 6.95. The zero-order chi connectivity index (χ0) is 11.7. The van der Waals surface area contributed by atoms with Gasteiger partial charge >= 0.3 is 0 Å². The summed E-state index contributed by atoms with van der Waals surface area (Å²) in [5, 5.41) is 13.1. The molecular formula is C13H22N4. The summed E-state index contributed by atoms with van der Waals surface area (Å²) >= 11 is 0. The smallest absolute Gasteiger partial charge is 0.123 e. The van der Waals surface area contributed by atoms with Crippen molar-refractivity contribution in [3.63, 3.8) is 0 Å². The van der Waals surface area contributed by atoms with Crippen LogP contribution >= 0.6 is 0 Å². The van der Waals surface area contributed by atoms with Crippen LogP contribution in [0.5, 0.6) is 0 Å². The van der Waals surface area contributed by atoms with Gasteiger partial charge in [-0.2, -0.15) is 5.26 Å². The summed E-state index contributed by atoms with van der Waals surface area (Å²) in [4.78, 5) is 4.98. The fraction of sp³-hybridized carbons (Fsp3) is 0.923. The van der Waals surface area contributed by atoms with E-state index < -0.39 is 0 Å². The monoisotopic (exact) mass is 234 g/mol. The van der Waals surface area contributed by atoms with E-state index >= 15 is 0 Å².